The topological polar surface area (TPSA) is 51.2 Å². The second kappa shape index (κ2) is 5.35. The maximum absolute atomic E-state index is 11.7. The Hall–Kier alpha value is -1.31. The molecule has 1 aromatic heterocycles. The molecule has 4 nitrogen and oxygen atoms in total. The van der Waals surface area contributed by atoms with E-state index in [9.17, 15) is 18.0 Å². The largest absolute Gasteiger partial charge is 0.440 e. The van der Waals surface area contributed by atoms with Crippen molar-refractivity contribution in [2.75, 3.05) is 11.9 Å². The van der Waals surface area contributed by atoms with Gasteiger partial charge in [0, 0.05) is 0 Å². The quantitative estimate of drug-likeness (QED) is 0.853. The van der Waals surface area contributed by atoms with Crippen LogP contribution in [0, 0.1) is 6.92 Å². The number of nitrogens with one attached hydrogen (secondary N) is 1. The molecule has 0 unspecified atom stereocenters. The van der Waals surface area contributed by atoms with Crippen LogP contribution < -0.4 is 5.32 Å². The van der Waals surface area contributed by atoms with E-state index >= 15 is 0 Å². The van der Waals surface area contributed by atoms with Crippen molar-refractivity contribution < 1.29 is 22.7 Å². The summed E-state index contributed by atoms with van der Waals surface area (Å²) < 4.78 is 39.8. The molecule has 0 bridgehead atoms. The zero-order valence-corrected chi connectivity index (χ0v) is 10.2. The summed E-state index contributed by atoms with van der Waals surface area (Å²) in [6.07, 6.45) is -4.41. The van der Waals surface area contributed by atoms with Gasteiger partial charge in [-0.2, -0.15) is 13.2 Å². The molecule has 0 saturated carbocycles. The molecule has 1 N–H and O–H groups in total. The van der Waals surface area contributed by atoms with Crippen LogP contribution in [0.2, 0.25) is 0 Å². The van der Waals surface area contributed by atoms with Gasteiger partial charge < -0.3 is 4.74 Å². The molecule has 17 heavy (non-hydrogen) atoms. The number of aryl methyl sites for hydroxylation is 1. The average Bonchev–Trinajstić information content (AvgIpc) is 2.20. The molecule has 0 saturated heterocycles. The molecular formula is C9H8BrF3N2O2. The maximum atomic E-state index is 11.7. The molecule has 0 aliphatic rings. The molecule has 0 radical (unpaired) electrons. The third kappa shape index (κ3) is 5.03. The normalized spacial score (nSPS) is 11.1. The summed E-state index contributed by atoms with van der Waals surface area (Å²) in [6.45, 7) is 0.102. The molecule has 8 heteroatoms. The highest BCUT2D eigenvalue weighted by molar-refractivity contribution is 9.10. The van der Waals surface area contributed by atoms with Gasteiger partial charge in [-0.05, 0) is 34.5 Å². The van der Waals surface area contributed by atoms with Crippen molar-refractivity contribution >= 4 is 27.7 Å². The van der Waals surface area contributed by atoms with E-state index in [1.54, 1.807) is 13.0 Å². The molecule has 0 atom stereocenters. The predicted molar refractivity (Wildman–Crippen MR) is 57.7 cm³/mol. The van der Waals surface area contributed by atoms with Gasteiger partial charge in [0.25, 0.3) is 0 Å². The molecule has 1 amide bonds. The second-order valence-corrected chi connectivity index (χ2v) is 3.90. The van der Waals surface area contributed by atoms with Gasteiger partial charge in [0.1, 0.15) is 4.60 Å². The van der Waals surface area contributed by atoms with Gasteiger partial charge in [-0.15, -0.1) is 0 Å². The summed E-state index contributed by atoms with van der Waals surface area (Å²) in [5, 5.41) is 2.14. The predicted octanol–water partition coefficient (Wildman–Crippen LogP) is 3.26. The third-order valence-corrected chi connectivity index (χ3v) is 2.46. The van der Waals surface area contributed by atoms with Crippen molar-refractivity contribution in [3.63, 3.8) is 0 Å². The summed E-state index contributed by atoms with van der Waals surface area (Å²) >= 11 is 3.15. The van der Waals surface area contributed by atoms with Crippen LogP contribution in [0.3, 0.4) is 0 Å². The number of hydrogen-bond donors (Lipinski definition) is 1. The van der Waals surface area contributed by atoms with E-state index in [0.29, 0.717) is 4.60 Å². The Morgan fingerprint density at radius 1 is 1.59 bits per heavy atom. The minimum atomic E-state index is -4.54. The first-order valence-corrected chi connectivity index (χ1v) is 5.20. The van der Waals surface area contributed by atoms with Crippen molar-refractivity contribution in [2.45, 2.75) is 13.1 Å². The minimum Gasteiger partial charge on any atom is -0.440 e. The van der Waals surface area contributed by atoms with Crippen LogP contribution in [0.4, 0.5) is 23.7 Å². The molecule has 0 aliphatic heterocycles. The van der Waals surface area contributed by atoms with Gasteiger partial charge in [0.05, 0.1) is 11.9 Å². The molecule has 0 fully saturated rings. The minimum absolute atomic E-state index is 0.262. The number of carbonyl (C=O) groups is 1. The monoisotopic (exact) mass is 312 g/mol. The van der Waals surface area contributed by atoms with Gasteiger partial charge in [-0.1, -0.05) is 0 Å². The molecule has 94 valence electrons. The number of pyridine rings is 1. The fourth-order valence-corrected chi connectivity index (χ4v) is 1.14. The Morgan fingerprint density at radius 3 is 2.76 bits per heavy atom. The number of carbonyl (C=O) groups excluding carboxylic acids is 1. The van der Waals surface area contributed by atoms with E-state index in [1.165, 1.54) is 6.20 Å². The first kappa shape index (κ1) is 13.8. The highest BCUT2D eigenvalue weighted by Gasteiger charge is 2.29. The molecule has 0 aliphatic carbocycles. The van der Waals surface area contributed by atoms with Crippen LogP contribution in [0.1, 0.15) is 5.56 Å². The van der Waals surface area contributed by atoms with Crippen molar-refractivity contribution in [2.24, 2.45) is 0 Å². The van der Waals surface area contributed by atoms with Gasteiger partial charge in [0.15, 0.2) is 6.61 Å². The van der Waals surface area contributed by atoms with E-state index in [-0.39, 0.29) is 5.69 Å². The first-order chi connectivity index (χ1) is 7.78. The summed E-state index contributed by atoms with van der Waals surface area (Å²) in [4.78, 5) is 14.8. The van der Waals surface area contributed by atoms with E-state index in [0.717, 1.165) is 5.56 Å². The van der Waals surface area contributed by atoms with E-state index in [1.807, 2.05) is 0 Å². The fourth-order valence-electron chi connectivity index (χ4n) is 0.928. The van der Waals surface area contributed by atoms with Gasteiger partial charge in [-0.3, -0.25) is 5.32 Å². The molecule has 0 aromatic carbocycles. The average molecular weight is 313 g/mol. The Morgan fingerprint density at radius 2 is 2.24 bits per heavy atom. The highest BCUT2D eigenvalue weighted by atomic mass is 79.9. The Bertz CT molecular complexity index is 423. The number of alkyl halides is 3. The SMILES string of the molecule is Cc1cc(NC(=O)OCC(F)(F)F)cnc1Br. The number of anilines is 1. The number of nitrogens with zero attached hydrogens (tertiary/aromatic N) is 1. The van der Waals surface area contributed by atoms with Crippen molar-refractivity contribution in [1.29, 1.82) is 0 Å². The molecular weight excluding hydrogens is 305 g/mol. The number of halogens is 4. The van der Waals surface area contributed by atoms with Crippen LogP contribution in [-0.2, 0) is 4.74 Å². The molecule has 1 aromatic rings. The lowest BCUT2D eigenvalue weighted by Gasteiger charge is -2.09. The second-order valence-electron chi connectivity index (χ2n) is 3.15. The van der Waals surface area contributed by atoms with Crippen molar-refractivity contribution in [3.8, 4) is 0 Å². The van der Waals surface area contributed by atoms with Crippen LogP contribution >= 0.6 is 15.9 Å². The summed E-state index contributed by atoms with van der Waals surface area (Å²) in [5.41, 5.74) is 0.997. The highest BCUT2D eigenvalue weighted by Crippen LogP contribution is 2.18. The lowest BCUT2D eigenvalue weighted by molar-refractivity contribution is -0.159. The van der Waals surface area contributed by atoms with Gasteiger partial charge >= 0.3 is 12.3 Å². The Balaban J connectivity index is 2.54. The van der Waals surface area contributed by atoms with E-state index < -0.39 is 18.9 Å². The number of aromatic nitrogens is 1. The fraction of sp³-hybridized carbons (Fsp3) is 0.333. The number of amides is 1. The maximum Gasteiger partial charge on any atom is 0.422 e. The van der Waals surface area contributed by atoms with E-state index in [2.05, 4.69) is 31.0 Å². The zero-order valence-electron chi connectivity index (χ0n) is 8.64. The molecule has 1 heterocycles. The van der Waals surface area contributed by atoms with E-state index in [4.69, 9.17) is 0 Å². The first-order valence-electron chi connectivity index (χ1n) is 4.40. The van der Waals surface area contributed by atoms with Gasteiger partial charge in [-0.25, -0.2) is 9.78 Å². The van der Waals surface area contributed by atoms with Crippen molar-refractivity contribution in [3.05, 3.63) is 22.4 Å². The number of ether oxygens (including phenoxy) is 1. The molecule has 0 spiro atoms. The van der Waals surface area contributed by atoms with Crippen LogP contribution in [0.25, 0.3) is 0 Å². The van der Waals surface area contributed by atoms with Gasteiger partial charge in [0.2, 0.25) is 0 Å². The smallest absolute Gasteiger partial charge is 0.422 e. The zero-order chi connectivity index (χ0) is 13.1. The molecule has 1 rings (SSSR count). The summed E-state index contributed by atoms with van der Waals surface area (Å²) in [5.74, 6) is 0. The lowest BCUT2D eigenvalue weighted by atomic mass is 10.3. The third-order valence-electron chi connectivity index (χ3n) is 1.63. The van der Waals surface area contributed by atoms with Crippen LogP contribution in [0.15, 0.2) is 16.9 Å². The Kier molecular flexibility index (Phi) is 4.33. The Labute approximate surface area is 103 Å². The summed E-state index contributed by atoms with van der Waals surface area (Å²) in [6, 6.07) is 1.55. The lowest BCUT2D eigenvalue weighted by Crippen LogP contribution is -2.23. The number of rotatable bonds is 2. The van der Waals surface area contributed by atoms with Crippen LogP contribution in [-0.4, -0.2) is 23.9 Å². The van der Waals surface area contributed by atoms with Crippen LogP contribution in [0.5, 0.6) is 0 Å². The summed E-state index contributed by atoms with van der Waals surface area (Å²) in [7, 11) is 0. The van der Waals surface area contributed by atoms with Crippen molar-refractivity contribution in [1.82, 2.24) is 4.98 Å². The number of hydrogen-bond acceptors (Lipinski definition) is 3. The standard InChI is InChI=1S/C9H8BrF3N2O2/c1-5-2-6(3-14-7(5)10)15-8(16)17-4-9(11,12)13/h2-3H,4H2,1H3,(H,15,16).